The first-order chi connectivity index (χ1) is 10.3. The first-order valence-corrected chi connectivity index (χ1v) is 6.54. The monoisotopic (exact) mass is 275 g/mol. The third kappa shape index (κ3) is 2.77. The summed E-state index contributed by atoms with van der Waals surface area (Å²) >= 11 is 0. The van der Waals surface area contributed by atoms with Crippen molar-refractivity contribution >= 4 is 16.6 Å². The van der Waals surface area contributed by atoms with Crippen molar-refractivity contribution in [3.05, 3.63) is 60.3 Å². The van der Waals surface area contributed by atoms with Crippen LogP contribution < -0.4 is 10.5 Å². The highest BCUT2D eigenvalue weighted by atomic mass is 16.5. The Bertz CT molecular complexity index is 837. The molecule has 0 aliphatic rings. The van der Waals surface area contributed by atoms with Gasteiger partial charge in [-0.25, -0.2) is 0 Å². The molecule has 4 heteroatoms. The lowest BCUT2D eigenvalue weighted by atomic mass is 10.1. The molecule has 0 atom stereocenters. The van der Waals surface area contributed by atoms with E-state index in [1.807, 2.05) is 30.3 Å². The van der Waals surface area contributed by atoms with Crippen LogP contribution >= 0.6 is 0 Å². The molecule has 21 heavy (non-hydrogen) atoms. The summed E-state index contributed by atoms with van der Waals surface area (Å²) in [6, 6.07) is 17.1. The lowest BCUT2D eigenvalue weighted by Crippen LogP contribution is -1.94. The molecule has 1 heterocycles. The fourth-order valence-electron chi connectivity index (χ4n) is 2.13. The highest BCUT2D eigenvalue weighted by molar-refractivity contribution is 5.79. The third-order valence-electron chi connectivity index (χ3n) is 3.20. The van der Waals surface area contributed by atoms with E-state index >= 15 is 0 Å². The largest absolute Gasteiger partial charge is 0.457 e. The van der Waals surface area contributed by atoms with Gasteiger partial charge in [0.1, 0.15) is 11.5 Å². The first kappa shape index (κ1) is 12.9. The van der Waals surface area contributed by atoms with Crippen LogP contribution in [0, 0.1) is 11.3 Å². The van der Waals surface area contributed by atoms with E-state index in [1.165, 1.54) is 0 Å². The number of hydrogen-bond donors (Lipinski definition) is 1. The highest BCUT2D eigenvalue weighted by Gasteiger charge is 2.04. The predicted octanol–water partition coefficient (Wildman–Crippen LogP) is 3.68. The average Bonchev–Trinajstić information content (AvgIpc) is 2.51. The summed E-state index contributed by atoms with van der Waals surface area (Å²) in [5.41, 5.74) is 8.08. The van der Waals surface area contributed by atoms with Crippen molar-refractivity contribution in [3.63, 3.8) is 0 Å². The third-order valence-corrected chi connectivity index (χ3v) is 3.20. The molecule has 2 aromatic carbocycles. The van der Waals surface area contributed by atoms with Crippen LogP contribution in [0.4, 0.5) is 5.69 Å². The molecular formula is C17H13N3O. The van der Waals surface area contributed by atoms with Gasteiger partial charge in [-0.05, 0) is 42.0 Å². The number of aromatic nitrogens is 1. The summed E-state index contributed by atoms with van der Waals surface area (Å²) in [5.74, 6) is 1.36. The molecule has 0 fully saturated rings. The molecule has 0 amide bonds. The van der Waals surface area contributed by atoms with E-state index in [9.17, 15) is 0 Å². The van der Waals surface area contributed by atoms with Crippen LogP contribution in [-0.4, -0.2) is 4.98 Å². The molecule has 0 spiro atoms. The van der Waals surface area contributed by atoms with E-state index in [0.29, 0.717) is 17.2 Å². The zero-order chi connectivity index (χ0) is 14.7. The van der Waals surface area contributed by atoms with E-state index in [2.05, 4.69) is 11.1 Å². The van der Waals surface area contributed by atoms with Gasteiger partial charge in [0.15, 0.2) is 0 Å². The van der Waals surface area contributed by atoms with E-state index in [0.717, 1.165) is 16.5 Å². The van der Waals surface area contributed by atoms with Crippen molar-refractivity contribution in [1.82, 2.24) is 4.98 Å². The van der Waals surface area contributed by atoms with Crippen LogP contribution in [0.5, 0.6) is 11.5 Å². The van der Waals surface area contributed by atoms with Gasteiger partial charge in [-0.1, -0.05) is 6.07 Å². The number of hydrogen-bond acceptors (Lipinski definition) is 4. The Morgan fingerprint density at radius 3 is 2.76 bits per heavy atom. The summed E-state index contributed by atoms with van der Waals surface area (Å²) in [7, 11) is 0. The van der Waals surface area contributed by atoms with Crippen LogP contribution in [0.2, 0.25) is 0 Å². The molecule has 0 saturated carbocycles. The molecule has 0 radical (unpaired) electrons. The number of fused-ring (bicyclic) bond motifs is 1. The zero-order valence-electron chi connectivity index (χ0n) is 11.3. The molecule has 3 rings (SSSR count). The van der Waals surface area contributed by atoms with E-state index in [1.54, 1.807) is 24.4 Å². The maximum atomic E-state index is 8.79. The quantitative estimate of drug-likeness (QED) is 0.740. The van der Waals surface area contributed by atoms with Crippen LogP contribution in [0.1, 0.15) is 5.56 Å². The second-order valence-electron chi connectivity index (χ2n) is 4.66. The number of nitrogen functional groups attached to an aromatic ring is 1. The maximum absolute atomic E-state index is 8.79. The van der Waals surface area contributed by atoms with Crippen molar-refractivity contribution in [2.75, 3.05) is 5.73 Å². The Morgan fingerprint density at radius 1 is 1.10 bits per heavy atom. The molecule has 3 aromatic rings. The number of benzene rings is 2. The summed E-state index contributed by atoms with van der Waals surface area (Å²) < 4.78 is 5.82. The Hall–Kier alpha value is -3.06. The van der Waals surface area contributed by atoms with Crippen LogP contribution in [0.15, 0.2) is 54.7 Å². The number of anilines is 1. The Kier molecular flexibility index (Phi) is 3.40. The standard InChI is InChI=1S/C17H13N3O/c18-8-7-13-10-14(5-6-16(13)19)21-15-4-3-12-2-1-9-20-17(12)11-15/h1-6,9-11H,7,19H2. The topological polar surface area (TPSA) is 71.9 Å². The molecule has 4 nitrogen and oxygen atoms in total. The Morgan fingerprint density at radius 2 is 1.90 bits per heavy atom. The number of ether oxygens (including phenoxy) is 1. The molecule has 102 valence electrons. The van der Waals surface area contributed by atoms with Gasteiger partial charge in [-0.2, -0.15) is 5.26 Å². The summed E-state index contributed by atoms with van der Waals surface area (Å²) in [6.45, 7) is 0. The second kappa shape index (κ2) is 5.51. The van der Waals surface area contributed by atoms with Gasteiger partial charge >= 0.3 is 0 Å². The van der Waals surface area contributed by atoms with Gasteiger partial charge in [0.25, 0.3) is 0 Å². The van der Waals surface area contributed by atoms with Crippen molar-refractivity contribution in [3.8, 4) is 17.6 Å². The van der Waals surface area contributed by atoms with E-state index in [-0.39, 0.29) is 6.42 Å². The van der Waals surface area contributed by atoms with E-state index < -0.39 is 0 Å². The van der Waals surface area contributed by atoms with Gasteiger partial charge < -0.3 is 10.5 Å². The fraction of sp³-hybridized carbons (Fsp3) is 0.0588. The summed E-state index contributed by atoms with van der Waals surface area (Å²) in [5, 5.41) is 9.85. The zero-order valence-corrected chi connectivity index (χ0v) is 11.3. The van der Waals surface area contributed by atoms with Gasteiger partial charge in [-0.3, -0.25) is 4.98 Å². The predicted molar refractivity (Wildman–Crippen MR) is 82.0 cm³/mol. The van der Waals surface area contributed by atoms with Crippen LogP contribution in [-0.2, 0) is 6.42 Å². The Balaban J connectivity index is 1.91. The normalized spacial score (nSPS) is 10.2. The number of rotatable bonds is 3. The Labute approximate surface area is 122 Å². The summed E-state index contributed by atoms with van der Waals surface area (Å²) in [6.07, 6.45) is 2.02. The smallest absolute Gasteiger partial charge is 0.129 e. The number of pyridine rings is 1. The number of nitriles is 1. The SMILES string of the molecule is N#CCc1cc(Oc2ccc3cccnc3c2)ccc1N. The molecule has 0 bridgehead atoms. The van der Waals surface area contributed by atoms with Crippen LogP contribution in [0.25, 0.3) is 10.9 Å². The number of nitrogens with two attached hydrogens (primary N) is 1. The van der Waals surface area contributed by atoms with Gasteiger partial charge in [-0.15, -0.1) is 0 Å². The van der Waals surface area contributed by atoms with Gasteiger partial charge in [0, 0.05) is 23.3 Å². The molecule has 0 aliphatic carbocycles. The molecular weight excluding hydrogens is 262 g/mol. The van der Waals surface area contributed by atoms with Crippen molar-refractivity contribution in [1.29, 1.82) is 5.26 Å². The summed E-state index contributed by atoms with van der Waals surface area (Å²) in [4.78, 5) is 4.30. The highest BCUT2D eigenvalue weighted by Crippen LogP contribution is 2.27. The number of nitrogens with zero attached hydrogens (tertiary/aromatic N) is 2. The molecule has 0 unspecified atom stereocenters. The fourth-order valence-corrected chi connectivity index (χ4v) is 2.13. The van der Waals surface area contributed by atoms with Crippen molar-refractivity contribution in [2.45, 2.75) is 6.42 Å². The minimum Gasteiger partial charge on any atom is -0.457 e. The molecule has 2 N–H and O–H groups in total. The van der Waals surface area contributed by atoms with E-state index in [4.69, 9.17) is 15.7 Å². The molecule has 0 aliphatic heterocycles. The minimum atomic E-state index is 0.266. The lowest BCUT2D eigenvalue weighted by Gasteiger charge is -2.09. The molecule has 1 aromatic heterocycles. The molecule has 0 saturated heterocycles. The van der Waals surface area contributed by atoms with Crippen molar-refractivity contribution in [2.24, 2.45) is 0 Å². The lowest BCUT2D eigenvalue weighted by molar-refractivity contribution is 0.483. The second-order valence-corrected chi connectivity index (χ2v) is 4.66. The average molecular weight is 275 g/mol. The minimum absolute atomic E-state index is 0.266. The van der Waals surface area contributed by atoms with Gasteiger partial charge in [0.2, 0.25) is 0 Å². The first-order valence-electron chi connectivity index (χ1n) is 6.54. The van der Waals surface area contributed by atoms with Crippen molar-refractivity contribution < 1.29 is 4.74 Å². The van der Waals surface area contributed by atoms with Crippen LogP contribution in [0.3, 0.4) is 0 Å². The maximum Gasteiger partial charge on any atom is 0.129 e. The van der Waals surface area contributed by atoms with Gasteiger partial charge in [0.05, 0.1) is 18.0 Å².